The minimum Gasteiger partial charge on any atom is -0.508 e. The summed E-state index contributed by atoms with van der Waals surface area (Å²) < 4.78 is 39.6. The lowest BCUT2D eigenvalue weighted by molar-refractivity contribution is -0.137. The molecule has 6 heteroatoms. The van der Waals surface area contributed by atoms with Crippen LogP contribution in [0.25, 0.3) is 11.1 Å². The zero-order chi connectivity index (χ0) is 19.3. The molecule has 2 aromatic carbocycles. The highest BCUT2D eigenvalue weighted by atomic mass is 19.4. The number of phenols is 1. The Hall–Kier alpha value is -2.68. The molecule has 26 heavy (non-hydrogen) atoms. The van der Waals surface area contributed by atoms with Gasteiger partial charge in [0.25, 0.3) is 0 Å². The summed E-state index contributed by atoms with van der Waals surface area (Å²) in [4.78, 5) is 1.96. The Balaban J connectivity index is 0.00000117. The number of anilines is 1. The lowest BCUT2D eigenvalue weighted by Gasteiger charge is -2.24. The molecule has 1 aliphatic rings. The Morgan fingerprint density at radius 3 is 2.12 bits per heavy atom. The van der Waals surface area contributed by atoms with Gasteiger partial charge in [-0.3, -0.25) is 0 Å². The van der Waals surface area contributed by atoms with E-state index in [1.165, 1.54) is 12.1 Å². The molecule has 0 unspecified atom stereocenters. The fourth-order valence-electron chi connectivity index (χ4n) is 3.03. The van der Waals surface area contributed by atoms with Crippen molar-refractivity contribution in [1.82, 2.24) is 0 Å². The van der Waals surface area contributed by atoms with Crippen LogP contribution in [0.1, 0.15) is 37.8 Å². The van der Waals surface area contributed by atoms with Crippen LogP contribution in [-0.2, 0) is 6.18 Å². The van der Waals surface area contributed by atoms with Crippen LogP contribution in [0.5, 0.6) is 5.75 Å². The van der Waals surface area contributed by atoms with E-state index in [4.69, 9.17) is 0 Å². The van der Waals surface area contributed by atoms with Crippen LogP contribution >= 0.6 is 0 Å². The van der Waals surface area contributed by atoms with Crippen molar-refractivity contribution in [2.45, 2.75) is 32.9 Å². The Bertz CT molecular complexity index is 786. The summed E-state index contributed by atoms with van der Waals surface area (Å²) >= 11 is 0. The van der Waals surface area contributed by atoms with Crippen molar-refractivity contribution in [3.05, 3.63) is 47.5 Å². The first-order valence-electron chi connectivity index (χ1n) is 8.60. The van der Waals surface area contributed by atoms with Gasteiger partial charge in [-0.1, -0.05) is 26.0 Å². The third kappa shape index (κ3) is 4.10. The summed E-state index contributed by atoms with van der Waals surface area (Å²) in [6.45, 7) is 5.43. The number of rotatable bonds is 2. The quantitative estimate of drug-likeness (QED) is 0.759. The molecule has 3 nitrogen and oxygen atoms in total. The minimum atomic E-state index is -4.53. The molecular weight excluding hydrogens is 341 g/mol. The van der Waals surface area contributed by atoms with E-state index in [0.29, 0.717) is 29.9 Å². The average Bonchev–Trinajstić information content (AvgIpc) is 3.16. The van der Waals surface area contributed by atoms with Crippen molar-refractivity contribution in [1.29, 1.82) is 5.26 Å². The molecule has 138 valence electrons. The van der Waals surface area contributed by atoms with E-state index in [-0.39, 0.29) is 11.3 Å². The molecular formula is C20H21F3N2O. The molecule has 1 saturated heterocycles. The highest BCUT2D eigenvalue weighted by Gasteiger charge is 2.33. The molecule has 1 heterocycles. The van der Waals surface area contributed by atoms with E-state index in [1.807, 2.05) is 24.8 Å². The van der Waals surface area contributed by atoms with Gasteiger partial charge in [0.2, 0.25) is 0 Å². The summed E-state index contributed by atoms with van der Waals surface area (Å²) in [5.41, 5.74) is 0.620. The van der Waals surface area contributed by atoms with Crippen LogP contribution in [0.2, 0.25) is 0 Å². The van der Waals surface area contributed by atoms with Gasteiger partial charge < -0.3 is 10.0 Å². The Labute approximate surface area is 151 Å². The summed E-state index contributed by atoms with van der Waals surface area (Å²) in [5, 5.41) is 18.8. The molecule has 0 bridgehead atoms. The predicted octanol–water partition coefficient (Wildman–Crippen LogP) is 5.58. The van der Waals surface area contributed by atoms with Crippen LogP contribution in [0.3, 0.4) is 0 Å². The van der Waals surface area contributed by atoms with Gasteiger partial charge >= 0.3 is 6.18 Å². The van der Waals surface area contributed by atoms with Crippen molar-refractivity contribution < 1.29 is 18.3 Å². The molecule has 3 rings (SSSR count). The summed E-state index contributed by atoms with van der Waals surface area (Å²) in [5.74, 6) is 0.0361. The van der Waals surface area contributed by atoms with Gasteiger partial charge in [0.05, 0.1) is 16.8 Å². The van der Waals surface area contributed by atoms with E-state index < -0.39 is 11.7 Å². The number of hydrogen-bond donors (Lipinski definition) is 1. The maximum absolute atomic E-state index is 13.2. The lowest BCUT2D eigenvalue weighted by atomic mass is 9.96. The van der Waals surface area contributed by atoms with Crippen molar-refractivity contribution in [2.75, 3.05) is 18.0 Å². The SMILES string of the molecule is CC.N#Cc1cc(C(F)(F)F)cc(-c2ccc(O)cc2)c1N1CCCC1. The first-order chi connectivity index (χ1) is 12.4. The van der Waals surface area contributed by atoms with Gasteiger partial charge in [-0.2, -0.15) is 18.4 Å². The maximum Gasteiger partial charge on any atom is 0.416 e. The van der Waals surface area contributed by atoms with E-state index >= 15 is 0 Å². The fraction of sp³-hybridized carbons (Fsp3) is 0.350. The number of benzene rings is 2. The van der Waals surface area contributed by atoms with Gasteiger partial charge in [-0.15, -0.1) is 0 Å². The molecule has 0 amide bonds. The number of halogens is 3. The van der Waals surface area contributed by atoms with Crippen molar-refractivity contribution in [3.63, 3.8) is 0 Å². The van der Waals surface area contributed by atoms with Crippen LogP contribution < -0.4 is 4.90 Å². The normalized spacial score (nSPS) is 13.8. The second-order valence-corrected chi connectivity index (χ2v) is 5.77. The van der Waals surface area contributed by atoms with Gasteiger partial charge in [0.15, 0.2) is 0 Å². The Kier molecular flexibility index (Phi) is 6.14. The zero-order valence-electron chi connectivity index (χ0n) is 14.8. The smallest absolute Gasteiger partial charge is 0.416 e. The standard InChI is InChI=1S/C18H15F3N2O.C2H6/c19-18(20,21)14-9-13(11-22)17(23-7-1-2-8-23)16(10-14)12-3-5-15(24)6-4-12;1-2/h3-6,9-10,24H,1-2,7-8H2;1-2H3. The first-order valence-corrected chi connectivity index (χ1v) is 8.60. The minimum absolute atomic E-state index is 0.0230. The number of nitriles is 1. The summed E-state index contributed by atoms with van der Waals surface area (Å²) in [7, 11) is 0. The first kappa shape index (κ1) is 19.6. The molecule has 0 aromatic heterocycles. The van der Waals surface area contributed by atoms with Crippen LogP contribution in [0.4, 0.5) is 18.9 Å². The number of aromatic hydroxyl groups is 1. The molecule has 0 aliphatic carbocycles. The van der Waals surface area contributed by atoms with Gasteiger partial charge in [-0.05, 0) is 42.7 Å². The zero-order valence-corrected chi connectivity index (χ0v) is 14.8. The van der Waals surface area contributed by atoms with Crippen molar-refractivity contribution in [3.8, 4) is 22.9 Å². The van der Waals surface area contributed by atoms with Gasteiger partial charge in [0, 0.05) is 18.7 Å². The fourth-order valence-corrected chi connectivity index (χ4v) is 3.03. The number of alkyl halides is 3. The monoisotopic (exact) mass is 362 g/mol. The molecule has 1 N–H and O–H groups in total. The van der Waals surface area contributed by atoms with E-state index in [9.17, 15) is 23.5 Å². The highest BCUT2D eigenvalue weighted by molar-refractivity contribution is 5.84. The Morgan fingerprint density at radius 1 is 1.04 bits per heavy atom. The molecule has 1 aliphatic heterocycles. The average molecular weight is 362 g/mol. The maximum atomic E-state index is 13.2. The van der Waals surface area contributed by atoms with Gasteiger partial charge in [0.1, 0.15) is 11.8 Å². The highest BCUT2D eigenvalue weighted by Crippen LogP contribution is 2.41. The van der Waals surface area contributed by atoms with Crippen molar-refractivity contribution >= 4 is 5.69 Å². The molecule has 0 atom stereocenters. The molecule has 2 aromatic rings. The third-order valence-electron chi connectivity index (χ3n) is 4.16. The number of phenolic OH excluding ortho intramolecular Hbond substituents is 1. The molecule has 0 radical (unpaired) electrons. The van der Waals surface area contributed by atoms with Crippen LogP contribution in [-0.4, -0.2) is 18.2 Å². The molecule has 1 fully saturated rings. The van der Waals surface area contributed by atoms with E-state index in [2.05, 4.69) is 0 Å². The topological polar surface area (TPSA) is 47.3 Å². The summed E-state index contributed by atoms with van der Waals surface area (Å²) in [6.07, 6.45) is -2.64. The van der Waals surface area contributed by atoms with E-state index in [0.717, 1.165) is 25.0 Å². The number of nitrogens with zero attached hydrogens (tertiary/aromatic N) is 2. The predicted molar refractivity (Wildman–Crippen MR) is 96.1 cm³/mol. The second kappa shape index (κ2) is 8.13. The van der Waals surface area contributed by atoms with Crippen LogP contribution in [0.15, 0.2) is 36.4 Å². The molecule has 0 saturated carbocycles. The molecule has 0 spiro atoms. The lowest BCUT2D eigenvalue weighted by Crippen LogP contribution is -2.20. The Morgan fingerprint density at radius 2 is 1.62 bits per heavy atom. The second-order valence-electron chi connectivity index (χ2n) is 5.77. The third-order valence-corrected chi connectivity index (χ3v) is 4.16. The largest absolute Gasteiger partial charge is 0.508 e. The number of hydrogen-bond acceptors (Lipinski definition) is 3. The summed E-state index contributed by atoms with van der Waals surface area (Å²) in [6, 6.07) is 9.89. The van der Waals surface area contributed by atoms with Gasteiger partial charge in [-0.25, -0.2) is 0 Å². The van der Waals surface area contributed by atoms with E-state index in [1.54, 1.807) is 12.1 Å². The van der Waals surface area contributed by atoms with Crippen LogP contribution in [0, 0.1) is 11.3 Å². The van der Waals surface area contributed by atoms with Crippen molar-refractivity contribution in [2.24, 2.45) is 0 Å².